The summed E-state index contributed by atoms with van der Waals surface area (Å²) in [7, 11) is 2.14. The summed E-state index contributed by atoms with van der Waals surface area (Å²) in [5.41, 5.74) is 1.89. The molecule has 2 aromatic heterocycles. The van der Waals surface area contributed by atoms with Crippen LogP contribution >= 0.6 is 0 Å². The Hall–Kier alpha value is -4.42. The molecular formula is C31H33FN6O2. The van der Waals surface area contributed by atoms with Crippen LogP contribution in [0.1, 0.15) is 49.4 Å². The van der Waals surface area contributed by atoms with E-state index in [0.717, 1.165) is 37.6 Å². The predicted molar refractivity (Wildman–Crippen MR) is 155 cm³/mol. The summed E-state index contributed by atoms with van der Waals surface area (Å²) >= 11 is 0. The smallest absolute Gasteiger partial charge is 0.287 e. The standard InChI is InChI=1S/C31H33FN6O2/c1-21(40-20-23-9-12-37(4)13-10-23)18-36-30(34-3)26-7-5-6-25(15-26)22(2)38-19-27(16-28(32)31(38)39)29-14-24(17-33)8-11-35-29/h5-8,11,14-16,18-19,22-23H,3,9-10,12-13,20H2,1-2,4H3/b21-18+,36-30-/t22-/m1/s1. The molecule has 3 heterocycles. The third-order valence-electron chi connectivity index (χ3n) is 7.13. The Morgan fingerprint density at radius 1 is 1.30 bits per heavy atom. The highest BCUT2D eigenvalue weighted by Crippen LogP contribution is 2.23. The molecule has 0 unspecified atom stereocenters. The summed E-state index contributed by atoms with van der Waals surface area (Å²) in [6, 6.07) is 13.2. The SMILES string of the molecule is C=N/C(=N\C=C(/C)OCC1CCN(C)CC1)c1cccc([C@@H](C)n2cc(-c3cc(C#N)ccn3)cc(F)c2=O)c1. The maximum atomic E-state index is 14.7. The monoisotopic (exact) mass is 540 g/mol. The van der Waals surface area contributed by atoms with Crippen molar-refractivity contribution in [2.45, 2.75) is 32.7 Å². The molecular weight excluding hydrogens is 507 g/mol. The van der Waals surface area contributed by atoms with E-state index < -0.39 is 17.4 Å². The van der Waals surface area contributed by atoms with Gasteiger partial charge >= 0.3 is 0 Å². The molecule has 0 aliphatic carbocycles. The normalized spacial score (nSPS) is 15.9. The fourth-order valence-corrected chi connectivity index (χ4v) is 4.63. The van der Waals surface area contributed by atoms with Crippen LogP contribution in [-0.4, -0.2) is 53.7 Å². The summed E-state index contributed by atoms with van der Waals surface area (Å²) in [4.78, 5) is 27.9. The molecule has 1 aromatic carbocycles. The van der Waals surface area contributed by atoms with Gasteiger partial charge in [0, 0.05) is 23.5 Å². The number of aliphatic imine (C=N–C) groups is 2. The van der Waals surface area contributed by atoms with E-state index in [1.54, 1.807) is 24.5 Å². The molecule has 0 radical (unpaired) electrons. The first-order valence-corrected chi connectivity index (χ1v) is 13.2. The molecule has 3 aromatic rings. The number of halogens is 1. The van der Waals surface area contributed by atoms with Gasteiger partial charge in [-0.25, -0.2) is 14.4 Å². The van der Waals surface area contributed by atoms with E-state index in [9.17, 15) is 14.4 Å². The van der Waals surface area contributed by atoms with Gasteiger partial charge in [-0.15, -0.1) is 0 Å². The zero-order valence-electron chi connectivity index (χ0n) is 23.0. The highest BCUT2D eigenvalue weighted by atomic mass is 19.1. The van der Waals surface area contributed by atoms with E-state index in [1.807, 2.05) is 44.2 Å². The van der Waals surface area contributed by atoms with Gasteiger partial charge in [0.15, 0.2) is 11.7 Å². The quantitative estimate of drug-likeness (QED) is 0.222. The number of hydrogen-bond acceptors (Lipinski definition) is 6. The molecule has 0 saturated carbocycles. The van der Waals surface area contributed by atoms with Gasteiger partial charge in [0.25, 0.3) is 5.56 Å². The Kier molecular flexibility index (Phi) is 9.35. The largest absolute Gasteiger partial charge is 0.496 e. The first kappa shape index (κ1) is 28.6. The molecule has 1 aliphatic heterocycles. The molecule has 4 rings (SSSR count). The average molecular weight is 541 g/mol. The maximum absolute atomic E-state index is 14.7. The topological polar surface area (TPSA) is 95.9 Å². The fourth-order valence-electron chi connectivity index (χ4n) is 4.63. The van der Waals surface area contributed by atoms with Crippen molar-refractivity contribution < 1.29 is 9.13 Å². The number of nitrogens with zero attached hydrogens (tertiary/aromatic N) is 6. The predicted octanol–water partition coefficient (Wildman–Crippen LogP) is 5.20. The number of amidine groups is 1. The van der Waals surface area contributed by atoms with Crippen molar-refractivity contribution in [3.05, 3.63) is 99.7 Å². The number of nitriles is 1. The third-order valence-corrected chi connectivity index (χ3v) is 7.13. The Labute approximate surface area is 233 Å². The summed E-state index contributed by atoms with van der Waals surface area (Å²) in [6.45, 7) is 10.2. The second kappa shape index (κ2) is 13.1. The second-order valence-corrected chi connectivity index (χ2v) is 10.0. The van der Waals surface area contributed by atoms with Crippen LogP contribution < -0.4 is 5.56 Å². The zero-order valence-corrected chi connectivity index (χ0v) is 23.0. The molecule has 40 heavy (non-hydrogen) atoms. The van der Waals surface area contributed by atoms with Crippen molar-refractivity contribution in [3.8, 4) is 17.3 Å². The number of benzene rings is 1. The van der Waals surface area contributed by atoms with Crippen molar-refractivity contribution in [2.24, 2.45) is 15.9 Å². The van der Waals surface area contributed by atoms with Gasteiger partial charge < -0.3 is 14.2 Å². The van der Waals surface area contributed by atoms with E-state index in [1.165, 1.54) is 10.8 Å². The van der Waals surface area contributed by atoms with Crippen LogP contribution in [0.2, 0.25) is 0 Å². The van der Waals surface area contributed by atoms with E-state index in [-0.39, 0.29) is 0 Å². The van der Waals surface area contributed by atoms with Crippen molar-refractivity contribution in [2.75, 3.05) is 26.7 Å². The highest BCUT2D eigenvalue weighted by molar-refractivity contribution is 6.01. The Bertz CT molecular complexity index is 1530. The molecule has 1 aliphatic rings. The Morgan fingerprint density at radius 2 is 2.08 bits per heavy atom. The summed E-state index contributed by atoms with van der Waals surface area (Å²) in [5, 5.41) is 9.21. The number of piperidine rings is 1. The molecule has 1 saturated heterocycles. The third kappa shape index (κ3) is 6.96. The lowest BCUT2D eigenvalue weighted by molar-refractivity contribution is 0.117. The highest BCUT2D eigenvalue weighted by Gasteiger charge is 2.18. The van der Waals surface area contributed by atoms with Gasteiger partial charge in [-0.3, -0.25) is 9.78 Å². The maximum Gasteiger partial charge on any atom is 0.287 e. The number of likely N-dealkylation sites (tertiary alicyclic amines) is 1. The van der Waals surface area contributed by atoms with Crippen LogP contribution in [0.25, 0.3) is 11.3 Å². The number of rotatable bonds is 8. The van der Waals surface area contributed by atoms with Crippen LogP contribution in [-0.2, 0) is 4.74 Å². The summed E-state index contributed by atoms with van der Waals surface area (Å²) in [6.07, 6.45) is 6.92. The molecule has 0 N–H and O–H groups in total. The lowest BCUT2D eigenvalue weighted by atomic mass is 9.98. The first-order chi connectivity index (χ1) is 19.3. The van der Waals surface area contributed by atoms with Gasteiger partial charge in [-0.05, 0) is 89.3 Å². The zero-order chi connectivity index (χ0) is 28.6. The molecule has 0 spiro atoms. The molecule has 9 heteroatoms. The number of allylic oxidation sites excluding steroid dienone is 1. The van der Waals surface area contributed by atoms with E-state index in [2.05, 4.69) is 33.6 Å². The van der Waals surface area contributed by atoms with Crippen LogP contribution in [0, 0.1) is 23.1 Å². The second-order valence-electron chi connectivity index (χ2n) is 10.0. The molecule has 0 amide bonds. The van der Waals surface area contributed by atoms with Crippen molar-refractivity contribution >= 4 is 12.6 Å². The first-order valence-electron chi connectivity index (χ1n) is 13.2. The number of ether oxygens (including phenoxy) is 1. The van der Waals surface area contributed by atoms with Gasteiger partial charge in [-0.1, -0.05) is 18.2 Å². The summed E-state index contributed by atoms with van der Waals surface area (Å²) in [5.74, 6) is 0.732. The molecule has 8 nitrogen and oxygen atoms in total. The van der Waals surface area contributed by atoms with Crippen LogP contribution in [0.4, 0.5) is 4.39 Å². The van der Waals surface area contributed by atoms with Gasteiger partial charge in [0.05, 0.1) is 36.2 Å². The van der Waals surface area contributed by atoms with Crippen LogP contribution in [0.3, 0.4) is 0 Å². The van der Waals surface area contributed by atoms with E-state index in [4.69, 9.17) is 4.74 Å². The Morgan fingerprint density at radius 3 is 2.80 bits per heavy atom. The lowest BCUT2D eigenvalue weighted by Gasteiger charge is -2.28. The lowest BCUT2D eigenvalue weighted by Crippen LogP contribution is -2.31. The fraction of sp³-hybridized carbons (Fsp3) is 0.323. The van der Waals surface area contributed by atoms with Crippen molar-refractivity contribution in [1.82, 2.24) is 14.5 Å². The molecule has 0 bridgehead atoms. The van der Waals surface area contributed by atoms with Gasteiger partial charge in [-0.2, -0.15) is 5.26 Å². The number of hydrogen-bond donors (Lipinski definition) is 0. The minimum Gasteiger partial charge on any atom is -0.496 e. The van der Waals surface area contributed by atoms with Gasteiger partial charge in [0.2, 0.25) is 0 Å². The summed E-state index contributed by atoms with van der Waals surface area (Å²) < 4.78 is 22.0. The van der Waals surface area contributed by atoms with Gasteiger partial charge in [0.1, 0.15) is 5.76 Å². The Balaban J connectivity index is 1.55. The van der Waals surface area contributed by atoms with Crippen LogP contribution in [0.15, 0.2) is 81.6 Å². The van der Waals surface area contributed by atoms with E-state index >= 15 is 0 Å². The number of aromatic nitrogens is 2. The van der Waals surface area contributed by atoms with Crippen LogP contribution in [0.5, 0.6) is 0 Å². The minimum atomic E-state index is -0.902. The van der Waals surface area contributed by atoms with E-state index in [0.29, 0.717) is 46.5 Å². The molecule has 1 atom stereocenters. The van der Waals surface area contributed by atoms with Crippen molar-refractivity contribution in [1.29, 1.82) is 5.26 Å². The molecule has 1 fully saturated rings. The average Bonchev–Trinajstić information content (AvgIpc) is 2.98. The molecule has 206 valence electrons. The minimum absolute atomic E-state index is 0.393. The number of pyridine rings is 2. The van der Waals surface area contributed by atoms with Crippen molar-refractivity contribution in [3.63, 3.8) is 0 Å².